The van der Waals surface area contributed by atoms with E-state index >= 15 is 22.0 Å². The Balaban J connectivity index is 0.813. The number of amides is 2. The fourth-order valence-electron chi connectivity index (χ4n) is 11.1. The molecular formula is C47H52ClF5N10O4. The molecule has 2 aromatic carbocycles. The molecule has 356 valence electrons. The maximum Gasteiger partial charge on any atom is 0.418 e. The highest BCUT2D eigenvalue weighted by Crippen LogP contribution is 2.48. The Bertz CT molecular complexity index is 2870. The number of nitrogens with zero attached hydrogens (tertiary/aromatic N) is 7. The summed E-state index contributed by atoms with van der Waals surface area (Å²) in [5, 5.41) is 14.1. The van der Waals surface area contributed by atoms with Gasteiger partial charge in [-0.2, -0.15) is 23.3 Å². The van der Waals surface area contributed by atoms with Crippen LogP contribution in [-0.2, 0) is 29.9 Å². The van der Waals surface area contributed by atoms with Crippen LogP contribution >= 0.6 is 11.6 Å². The molecule has 0 radical (unpaired) electrons. The van der Waals surface area contributed by atoms with Gasteiger partial charge in [0.1, 0.15) is 5.02 Å². The number of piperidine rings is 3. The zero-order chi connectivity index (χ0) is 47.3. The third-order valence-corrected chi connectivity index (χ3v) is 15.3. The Morgan fingerprint density at radius 3 is 2.34 bits per heavy atom. The number of fused-ring (bicyclic) bond motifs is 4. The lowest BCUT2D eigenvalue weighted by Gasteiger charge is -2.49. The van der Waals surface area contributed by atoms with Gasteiger partial charge in [-0.3, -0.25) is 29.3 Å². The number of halogens is 6. The molecule has 1 unspecified atom stereocenters. The number of carbonyl (C=O) groups is 2. The lowest BCUT2D eigenvalue weighted by molar-refractivity contribution is -0.137. The van der Waals surface area contributed by atoms with Crippen molar-refractivity contribution in [3.05, 3.63) is 68.7 Å². The van der Waals surface area contributed by atoms with E-state index in [9.17, 15) is 14.4 Å². The van der Waals surface area contributed by atoms with E-state index in [0.29, 0.717) is 80.2 Å². The van der Waals surface area contributed by atoms with Crippen molar-refractivity contribution in [3.8, 4) is 5.75 Å². The van der Waals surface area contributed by atoms with E-state index in [1.807, 2.05) is 0 Å². The first-order valence-corrected chi connectivity index (χ1v) is 23.3. The number of alkyl halides is 5. The molecule has 2 atom stereocenters. The molecule has 4 aliphatic heterocycles. The first-order chi connectivity index (χ1) is 31.8. The van der Waals surface area contributed by atoms with Crippen LogP contribution in [0.2, 0.25) is 5.02 Å². The van der Waals surface area contributed by atoms with Crippen molar-refractivity contribution in [2.24, 2.45) is 25.9 Å². The molecule has 14 nitrogen and oxygen atoms in total. The Kier molecular flexibility index (Phi) is 11.2. The largest absolute Gasteiger partial charge is 0.480 e. The molecule has 0 spiro atoms. The molecule has 10 rings (SSSR count). The summed E-state index contributed by atoms with van der Waals surface area (Å²) < 4.78 is 83.7. The highest BCUT2D eigenvalue weighted by atomic mass is 35.5. The van der Waals surface area contributed by atoms with Gasteiger partial charge in [-0.25, -0.2) is 13.8 Å². The molecule has 0 bridgehead atoms. The summed E-state index contributed by atoms with van der Waals surface area (Å²) in [6, 6.07) is 7.33. The second-order valence-corrected chi connectivity index (χ2v) is 19.8. The van der Waals surface area contributed by atoms with Crippen LogP contribution in [-0.4, -0.2) is 91.3 Å². The summed E-state index contributed by atoms with van der Waals surface area (Å²) in [5.41, 5.74) is 0.323. The van der Waals surface area contributed by atoms with Gasteiger partial charge in [0.05, 0.1) is 46.1 Å². The maximum atomic E-state index is 15.2. The summed E-state index contributed by atoms with van der Waals surface area (Å²) in [7, 11) is 3.05. The maximum absolute atomic E-state index is 15.2. The molecule has 3 aromatic heterocycles. The number of ether oxygens (including phenoxy) is 1. The first kappa shape index (κ1) is 45.2. The van der Waals surface area contributed by atoms with Crippen LogP contribution in [0, 0.1) is 11.8 Å². The van der Waals surface area contributed by atoms with Gasteiger partial charge in [0.25, 0.3) is 5.56 Å². The van der Waals surface area contributed by atoms with Gasteiger partial charge in [0, 0.05) is 55.6 Å². The zero-order valence-electron chi connectivity index (χ0n) is 37.6. The molecule has 4 fully saturated rings. The number of likely N-dealkylation sites (tertiary alicyclic amines) is 1. The van der Waals surface area contributed by atoms with Crippen LogP contribution in [0.15, 0.2) is 41.3 Å². The van der Waals surface area contributed by atoms with Gasteiger partial charge in [0.15, 0.2) is 12.4 Å². The summed E-state index contributed by atoms with van der Waals surface area (Å²) in [4.78, 5) is 51.7. The monoisotopic (exact) mass is 950 g/mol. The van der Waals surface area contributed by atoms with Crippen LogP contribution in [0.5, 0.6) is 5.75 Å². The SMILES string of the molecule is Cn1nc(C2CCC(=O)NC2=O)c2ccc(C3CCN(C(C)(C)C4CCN(c5ncc(Cl)c(Nc6ccc7c(c6)c6c(c(=O)n7C)OCC(F)(F)[C@H](C7CC7)N6)n5)CC4)CC3)c(C(F)(F)F)c21. The van der Waals surface area contributed by atoms with Crippen molar-refractivity contribution in [1.82, 2.24) is 34.5 Å². The van der Waals surface area contributed by atoms with Crippen LogP contribution in [0.4, 0.5) is 45.1 Å². The number of carbonyl (C=O) groups excluding carboxylic acids is 2. The molecule has 1 saturated carbocycles. The Morgan fingerprint density at radius 2 is 1.66 bits per heavy atom. The molecule has 7 heterocycles. The van der Waals surface area contributed by atoms with Gasteiger partial charge in [0.2, 0.25) is 23.5 Å². The molecule has 5 aromatic rings. The van der Waals surface area contributed by atoms with E-state index in [1.165, 1.54) is 22.5 Å². The standard InChI is InChI=1S/C47H52ClF5N10O4/c1-45(2,63-19-13-24(14-20-63)28-8-9-29-36(30-10-12-34(64)56-42(30)65)59-61(4)38(29)35(28)47(51,52)53)26-15-17-62(18-16-26)44-54-22-32(48)41(58-44)55-27-7-11-33-31(21-27)37-39(43(66)60(33)3)67-23-46(49,50)40(57-37)25-5-6-25/h7-9,11,21-22,24-26,30,40,57H,5-6,10,12-20,23H2,1-4H3,(H,54,55,58)(H,56,64,65)/t30?,40-/m0/s1. The number of benzene rings is 2. The molecule has 20 heteroatoms. The van der Waals surface area contributed by atoms with E-state index in [4.69, 9.17) is 21.3 Å². The molecule has 67 heavy (non-hydrogen) atoms. The molecular weight excluding hydrogens is 899 g/mol. The number of aryl methyl sites for hydroxylation is 2. The molecule has 5 aliphatic rings. The van der Waals surface area contributed by atoms with E-state index in [2.05, 4.69) is 49.7 Å². The lowest BCUT2D eigenvalue weighted by atomic mass is 9.77. The van der Waals surface area contributed by atoms with Crippen molar-refractivity contribution < 1.29 is 36.3 Å². The third-order valence-electron chi connectivity index (χ3n) is 15.1. The predicted molar refractivity (Wildman–Crippen MR) is 243 cm³/mol. The van der Waals surface area contributed by atoms with Gasteiger partial charge >= 0.3 is 12.1 Å². The third kappa shape index (κ3) is 8.12. The Morgan fingerprint density at radius 1 is 0.925 bits per heavy atom. The highest BCUT2D eigenvalue weighted by molar-refractivity contribution is 6.33. The Labute approximate surface area is 387 Å². The smallest absolute Gasteiger partial charge is 0.418 e. The van der Waals surface area contributed by atoms with Crippen molar-refractivity contribution in [2.75, 3.05) is 48.3 Å². The lowest BCUT2D eigenvalue weighted by Crippen LogP contribution is -2.55. The number of rotatable bonds is 8. The minimum atomic E-state index is -4.66. The number of nitrogens with one attached hydrogen (secondary N) is 3. The Hall–Kier alpha value is -5.56. The normalized spacial score (nSPS) is 22.3. The van der Waals surface area contributed by atoms with E-state index in [0.717, 1.165) is 12.8 Å². The van der Waals surface area contributed by atoms with Crippen molar-refractivity contribution in [1.29, 1.82) is 0 Å². The fourth-order valence-corrected chi connectivity index (χ4v) is 11.2. The van der Waals surface area contributed by atoms with Crippen molar-refractivity contribution >= 4 is 68.4 Å². The number of pyridine rings is 1. The zero-order valence-corrected chi connectivity index (χ0v) is 38.3. The van der Waals surface area contributed by atoms with Gasteiger partial charge < -0.3 is 24.8 Å². The molecule has 1 aliphatic carbocycles. The quantitative estimate of drug-likeness (QED) is 0.102. The second kappa shape index (κ2) is 16.6. The minimum Gasteiger partial charge on any atom is -0.480 e. The van der Waals surface area contributed by atoms with Crippen molar-refractivity contribution in [3.63, 3.8) is 0 Å². The van der Waals surface area contributed by atoms with Crippen LogP contribution in [0.3, 0.4) is 0 Å². The number of hydrogen-bond donors (Lipinski definition) is 3. The average Bonchev–Trinajstić information content (AvgIpc) is 4.10. The summed E-state index contributed by atoms with van der Waals surface area (Å²) in [6.07, 6.45) is 1.25. The van der Waals surface area contributed by atoms with Crippen LogP contribution in [0.25, 0.3) is 21.8 Å². The number of anilines is 4. The first-order valence-electron chi connectivity index (χ1n) is 22.9. The topological polar surface area (TPSA) is 152 Å². The summed E-state index contributed by atoms with van der Waals surface area (Å²) in [5.74, 6) is -4.49. The molecule has 3 N–H and O–H groups in total. The van der Waals surface area contributed by atoms with E-state index in [1.54, 1.807) is 37.4 Å². The van der Waals surface area contributed by atoms with Crippen molar-refractivity contribution in [2.45, 2.75) is 101 Å². The number of hydrogen-bond acceptors (Lipinski definition) is 11. The number of aromatic nitrogens is 5. The fraction of sp³-hybridized carbons (Fsp3) is 0.532. The minimum absolute atomic E-state index is 0.0466. The van der Waals surface area contributed by atoms with Crippen LogP contribution < -0.4 is 31.1 Å². The number of imide groups is 1. The summed E-state index contributed by atoms with van der Waals surface area (Å²) in [6.45, 7) is 6.13. The highest BCUT2D eigenvalue weighted by Gasteiger charge is 2.51. The van der Waals surface area contributed by atoms with Gasteiger partial charge in [-0.05, 0) is 113 Å². The van der Waals surface area contributed by atoms with E-state index < -0.39 is 53.6 Å². The van der Waals surface area contributed by atoms with Gasteiger partial charge in [-0.15, -0.1) is 0 Å². The van der Waals surface area contributed by atoms with Gasteiger partial charge in [-0.1, -0.05) is 23.7 Å². The summed E-state index contributed by atoms with van der Waals surface area (Å²) >= 11 is 6.64. The van der Waals surface area contributed by atoms with E-state index in [-0.39, 0.29) is 74.8 Å². The molecule has 3 saturated heterocycles. The molecule has 2 amide bonds. The van der Waals surface area contributed by atoms with Crippen LogP contribution in [0.1, 0.15) is 93.9 Å². The second-order valence-electron chi connectivity index (χ2n) is 19.4. The predicted octanol–water partition coefficient (Wildman–Crippen LogP) is 8.24. The average molecular weight is 951 g/mol.